The van der Waals surface area contributed by atoms with Gasteiger partial charge >= 0.3 is 18.2 Å². The minimum Gasteiger partial charge on any atom is -0.428 e. The minimum absolute atomic E-state index is 0.0259. The molecule has 2 heterocycles. The highest BCUT2D eigenvalue weighted by molar-refractivity contribution is 7.91. The van der Waals surface area contributed by atoms with Crippen LogP contribution in [0.1, 0.15) is 38.2 Å². The van der Waals surface area contributed by atoms with Crippen molar-refractivity contribution in [1.29, 1.82) is 0 Å². The smallest absolute Gasteiger partial charge is 0.416 e. The Kier molecular flexibility index (Phi) is 7.45. The Morgan fingerprint density at radius 2 is 1.91 bits per heavy atom. The summed E-state index contributed by atoms with van der Waals surface area (Å²) < 4.78 is 52.9. The van der Waals surface area contributed by atoms with Crippen LogP contribution in [0.3, 0.4) is 0 Å². The summed E-state index contributed by atoms with van der Waals surface area (Å²) in [6, 6.07) is 4.32. The molecular formula is C21H27FN2O8S. The highest BCUT2D eigenvalue weighted by Crippen LogP contribution is 2.33. The van der Waals surface area contributed by atoms with Crippen LogP contribution < -0.4 is 4.90 Å². The molecule has 0 aliphatic carbocycles. The van der Waals surface area contributed by atoms with Crippen LogP contribution >= 0.6 is 0 Å². The summed E-state index contributed by atoms with van der Waals surface area (Å²) >= 11 is 0. The number of halogens is 1. The van der Waals surface area contributed by atoms with E-state index in [0.717, 1.165) is 4.90 Å². The number of amides is 2. The maximum absolute atomic E-state index is 14.8. The van der Waals surface area contributed by atoms with E-state index in [2.05, 4.69) is 0 Å². The number of esters is 1. The fourth-order valence-electron chi connectivity index (χ4n) is 3.60. The van der Waals surface area contributed by atoms with E-state index < -0.39 is 46.8 Å². The van der Waals surface area contributed by atoms with Crippen LogP contribution in [0, 0.1) is 11.7 Å². The van der Waals surface area contributed by atoms with Crippen molar-refractivity contribution in [2.24, 2.45) is 5.92 Å². The standard InChI is InChI=1S/C21H27FN2O8S/c1-13(2)19(25)30-12-31-20(26)23(3)18-11-24(21(27)32-18)15-4-5-16(17(22)10-15)14-6-8-33(28,29)9-7-14/h4-5,10,13-14,18H,6-9,11-12H2,1-3H3/t18-/m0/s1. The molecule has 1 aromatic carbocycles. The van der Waals surface area contributed by atoms with Gasteiger partial charge in [0.2, 0.25) is 6.79 Å². The van der Waals surface area contributed by atoms with Crippen molar-refractivity contribution in [2.45, 2.75) is 38.8 Å². The number of rotatable bonds is 6. The number of hydrogen-bond acceptors (Lipinski definition) is 8. The van der Waals surface area contributed by atoms with E-state index in [1.807, 2.05) is 0 Å². The number of cyclic esters (lactones) is 1. The summed E-state index contributed by atoms with van der Waals surface area (Å²) in [5, 5.41) is 0. The number of hydrogen-bond donors (Lipinski definition) is 0. The van der Waals surface area contributed by atoms with Crippen LogP contribution in [0.5, 0.6) is 0 Å². The van der Waals surface area contributed by atoms with Crippen LogP contribution in [-0.4, -0.2) is 69.6 Å². The van der Waals surface area contributed by atoms with Gasteiger partial charge in [0, 0.05) is 7.05 Å². The van der Waals surface area contributed by atoms with Crippen LogP contribution in [0.25, 0.3) is 0 Å². The van der Waals surface area contributed by atoms with Gasteiger partial charge in [-0.1, -0.05) is 19.9 Å². The van der Waals surface area contributed by atoms with E-state index in [1.165, 1.54) is 18.0 Å². The van der Waals surface area contributed by atoms with Crippen molar-refractivity contribution < 1.29 is 41.4 Å². The number of anilines is 1. The van der Waals surface area contributed by atoms with E-state index in [4.69, 9.17) is 14.2 Å². The predicted octanol–water partition coefficient (Wildman–Crippen LogP) is 2.63. The van der Waals surface area contributed by atoms with Crippen LogP contribution in [0.2, 0.25) is 0 Å². The molecule has 2 saturated heterocycles. The molecule has 1 atom stereocenters. The number of likely N-dealkylation sites (N-methyl/N-ethyl adjacent to an activating group) is 1. The molecule has 2 aliphatic heterocycles. The molecule has 2 aliphatic rings. The lowest BCUT2D eigenvalue weighted by Crippen LogP contribution is -2.40. The number of carbonyl (C=O) groups excluding carboxylic acids is 3. The lowest BCUT2D eigenvalue weighted by Gasteiger charge is -2.24. The quantitative estimate of drug-likeness (QED) is 0.445. The Morgan fingerprint density at radius 1 is 1.24 bits per heavy atom. The molecule has 0 radical (unpaired) electrons. The topological polar surface area (TPSA) is 120 Å². The fraction of sp³-hybridized carbons (Fsp3) is 0.571. The van der Waals surface area contributed by atoms with E-state index >= 15 is 0 Å². The fourth-order valence-corrected chi connectivity index (χ4v) is 5.09. The summed E-state index contributed by atoms with van der Waals surface area (Å²) in [5.41, 5.74) is 0.661. The van der Waals surface area contributed by atoms with E-state index in [9.17, 15) is 27.2 Å². The summed E-state index contributed by atoms with van der Waals surface area (Å²) in [6.07, 6.45) is -1.91. The van der Waals surface area contributed by atoms with Crippen molar-refractivity contribution in [3.8, 4) is 0 Å². The maximum atomic E-state index is 14.8. The first kappa shape index (κ1) is 24.7. The Morgan fingerprint density at radius 3 is 2.52 bits per heavy atom. The Hall–Kier alpha value is -2.89. The summed E-state index contributed by atoms with van der Waals surface area (Å²) in [4.78, 5) is 38.1. The van der Waals surface area contributed by atoms with E-state index in [0.29, 0.717) is 18.4 Å². The zero-order valence-corrected chi connectivity index (χ0v) is 19.5. The van der Waals surface area contributed by atoms with E-state index in [-0.39, 0.29) is 35.6 Å². The molecule has 0 bridgehead atoms. The molecule has 0 N–H and O–H groups in total. The highest BCUT2D eigenvalue weighted by Gasteiger charge is 2.38. The second-order valence-corrected chi connectivity index (χ2v) is 10.6. The molecular weight excluding hydrogens is 459 g/mol. The van der Waals surface area contributed by atoms with Crippen molar-refractivity contribution in [3.05, 3.63) is 29.6 Å². The van der Waals surface area contributed by atoms with Gasteiger partial charge in [0.05, 0.1) is 29.7 Å². The zero-order valence-electron chi connectivity index (χ0n) is 18.7. The van der Waals surface area contributed by atoms with Crippen molar-refractivity contribution in [1.82, 2.24) is 4.90 Å². The molecule has 3 rings (SSSR count). The van der Waals surface area contributed by atoms with Gasteiger partial charge in [-0.25, -0.2) is 22.4 Å². The van der Waals surface area contributed by atoms with Gasteiger partial charge in [-0.3, -0.25) is 14.6 Å². The molecule has 10 nitrogen and oxygen atoms in total. The Labute approximate surface area is 191 Å². The molecule has 33 heavy (non-hydrogen) atoms. The zero-order chi connectivity index (χ0) is 24.3. The largest absolute Gasteiger partial charge is 0.428 e. The monoisotopic (exact) mass is 486 g/mol. The van der Waals surface area contributed by atoms with Gasteiger partial charge in [0.1, 0.15) is 15.7 Å². The molecule has 0 saturated carbocycles. The van der Waals surface area contributed by atoms with Crippen LogP contribution in [-0.2, 0) is 28.8 Å². The Balaban J connectivity index is 1.60. The second-order valence-electron chi connectivity index (χ2n) is 8.34. The first-order valence-electron chi connectivity index (χ1n) is 10.5. The summed E-state index contributed by atoms with van der Waals surface area (Å²) in [6.45, 7) is 2.64. The lowest BCUT2D eigenvalue weighted by atomic mass is 9.93. The molecule has 2 amide bonds. The third-order valence-corrected chi connectivity index (χ3v) is 7.38. The Bertz CT molecular complexity index is 1020. The third-order valence-electron chi connectivity index (χ3n) is 5.66. The van der Waals surface area contributed by atoms with Crippen molar-refractivity contribution in [2.75, 3.05) is 36.8 Å². The summed E-state index contributed by atoms with van der Waals surface area (Å²) in [5.74, 6) is -1.58. The number of nitrogens with zero attached hydrogens (tertiary/aromatic N) is 2. The van der Waals surface area contributed by atoms with Crippen molar-refractivity contribution >= 4 is 33.7 Å². The number of carbonyl (C=O) groups is 3. The maximum Gasteiger partial charge on any atom is 0.416 e. The molecule has 182 valence electrons. The minimum atomic E-state index is -3.06. The predicted molar refractivity (Wildman–Crippen MR) is 115 cm³/mol. The molecule has 1 aromatic rings. The SMILES string of the molecule is CC(C)C(=O)OCOC(=O)N(C)[C@@H]1CN(c2ccc(C3CCS(=O)(=O)CC3)c(F)c2)C(=O)O1. The van der Waals surface area contributed by atoms with E-state index in [1.54, 1.807) is 26.0 Å². The van der Waals surface area contributed by atoms with Crippen molar-refractivity contribution in [3.63, 3.8) is 0 Å². The van der Waals surface area contributed by atoms with Gasteiger partial charge in [-0.15, -0.1) is 0 Å². The molecule has 2 fully saturated rings. The second kappa shape index (κ2) is 9.94. The summed E-state index contributed by atoms with van der Waals surface area (Å²) in [7, 11) is -1.70. The molecule has 0 unspecified atom stereocenters. The average molecular weight is 487 g/mol. The lowest BCUT2D eigenvalue weighted by molar-refractivity contribution is -0.156. The highest BCUT2D eigenvalue weighted by atomic mass is 32.2. The normalized spacial score (nSPS) is 20.5. The van der Waals surface area contributed by atoms with Gasteiger partial charge < -0.3 is 14.2 Å². The number of benzene rings is 1. The number of ether oxygens (including phenoxy) is 3. The van der Waals surface area contributed by atoms with Gasteiger partial charge in [-0.2, -0.15) is 0 Å². The molecule has 0 aromatic heterocycles. The first-order chi connectivity index (χ1) is 15.5. The first-order valence-corrected chi connectivity index (χ1v) is 12.3. The number of sulfone groups is 1. The third kappa shape index (κ3) is 5.92. The van der Waals surface area contributed by atoms with Gasteiger partial charge in [0.25, 0.3) is 0 Å². The van der Waals surface area contributed by atoms with Crippen LogP contribution in [0.4, 0.5) is 19.7 Å². The molecule has 12 heteroatoms. The van der Waals surface area contributed by atoms with Gasteiger partial charge in [-0.05, 0) is 36.5 Å². The average Bonchev–Trinajstić information content (AvgIpc) is 3.14. The van der Waals surface area contributed by atoms with Crippen LogP contribution in [0.15, 0.2) is 18.2 Å². The van der Waals surface area contributed by atoms with Gasteiger partial charge in [0.15, 0.2) is 6.23 Å². The molecule has 0 spiro atoms.